The summed E-state index contributed by atoms with van der Waals surface area (Å²) in [4.78, 5) is 30.5. The smallest absolute Gasteiger partial charge is 0.262 e. The lowest BCUT2D eigenvalue weighted by Crippen LogP contribution is -2.26. The fourth-order valence-corrected chi connectivity index (χ4v) is 4.71. The molecular formula is C25H25N3O2S. The van der Waals surface area contributed by atoms with Gasteiger partial charge in [0, 0.05) is 30.3 Å². The molecule has 158 valence electrons. The number of amides is 1. The van der Waals surface area contributed by atoms with E-state index in [1.54, 1.807) is 4.57 Å². The number of thiophene rings is 1. The van der Waals surface area contributed by atoms with Gasteiger partial charge in [0.2, 0.25) is 5.91 Å². The number of aryl methyl sites for hydroxylation is 1. The van der Waals surface area contributed by atoms with E-state index in [0.717, 1.165) is 27.9 Å². The fourth-order valence-electron chi connectivity index (χ4n) is 3.75. The van der Waals surface area contributed by atoms with Gasteiger partial charge in [-0.15, -0.1) is 11.3 Å². The van der Waals surface area contributed by atoms with Crippen LogP contribution in [0.1, 0.15) is 36.7 Å². The summed E-state index contributed by atoms with van der Waals surface area (Å²) in [6.45, 7) is 2.54. The van der Waals surface area contributed by atoms with Crippen LogP contribution in [-0.2, 0) is 24.2 Å². The van der Waals surface area contributed by atoms with E-state index >= 15 is 0 Å². The van der Waals surface area contributed by atoms with Gasteiger partial charge in [-0.05, 0) is 29.5 Å². The summed E-state index contributed by atoms with van der Waals surface area (Å²) in [6, 6.07) is 18.3. The van der Waals surface area contributed by atoms with Crippen LogP contribution in [0.15, 0.2) is 64.8 Å². The molecule has 0 saturated heterocycles. The zero-order valence-corrected chi connectivity index (χ0v) is 18.3. The van der Waals surface area contributed by atoms with E-state index in [-0.39, 0.29) is 17.9 Å². The minimum absolute atomic E-state index is 0.0591. The van der Waals surface area contributed by atoms with E-state index in [2.05, 4.69) is 31.2 Å². The molecule has 0 aliphatic rings. The molecule has 6 heteroatoms. The standard InChI is InChI=1S/C25H25N3O2S/c1-2-17-10-12-19(13-11-17)20-16-31-24-23(20)25(30)28(14-6-9-21(26)29)22(27-24)15-18-7-4-3-5-8-18/h3-5,7-8,10-13,16H,2,6,9,14-15H2,1H3,(H2,26,29). The number of carbonyl (C=O) groups is 1. The Morgan fingerprint density at radius 1 is 1.06 bits per heavy atom. The van der Waals surface area contributed by atoms with Gasteiger partial charge in [-0.1, -0.05) is 61.5 Å². The number of nitrogens with two attached hydrogens (primary N) is 1. The van der Waals surface area contributed by atoms with Crippen LogP contribution in [-0.4, -0.2) is 15.5 Å². The van der Waals surface area contributed by atoms with Crippen molar-refractivity contribution in [1.29, 1.82) is 0 Å². The molecule has 0 spiro atoms. The van der Waals surface area contributed by atoms with Gasteiger partial charge < -0.3 is 5.73 Å². The largest absolute Gasteiger partial charge is 0.370 e. The van der Waals surface area contributed by atoms with E-state index < -0.39 is 0 Å². The number of carbonyl (C=O) groups excluding carboxylic acids is 1. The van der Waals surface area contributed by atoms with E-state index in [9.17, 15) is 9.59 Å². The highest BCUT2D eigenvalue weighted by atomic mass is 32.1. The van der Waals surface area contributed by atoms with Gasteiger partial charge in [-0.25, -0.2) is 4.98 Å². The molecule has 2 N–H and O–H groups in total. The zero-order chi connectivity index (χ0) is 21.8. The summed E-state index contributed by atoms with van der Waals surface area (Å²) in [5, 5.41) is 2.66. The maximum atomic E-state index is 13.6. The van der Waals surface area contributed by atoms with Crippen LogP contribution in [0, 0.1) is 0 Å². The Hall–Kier alpha value is -3.25. The monoisotopic (exact) mass is 431 g/mol. The second kappa shape index (κ2) is 9.27. The van der Waals surface area contributed by atoms with Crippen LogP contribution in [0.25, 0.3) is 21.3 Å². The van der Waals surface area contributed by atoms with Crippen molar-refractivity contribution in [3.8, 4) is 11.1 Å². The molecule has 1 amide bonds. The predicted octanol–water partition coefficient (Wildman–Crippen LogP) is 4.54. The van der Waals surface area contributed by atoms with Crippen LogP contribution in [0.3, 0.4) is 0 Å². The Balaban J connectivity index is 1.81. The first-order chi connectivity index (χ1) is 15.1. The Morgan fingerprint density at radius 3 is 2.48 bits per heavy atom. The summed E-state index contributed by atoms with van der Waals surface area (Å²) in [5.74, 6) is 0.349. The lowest BCUT2D eigenvalue weighted by atomic mass is 10.0. The first-order valence-electron chi connectivity index (χ1n) is 10.5. The Bertz CT molecular complexity index is 1260. The molecule has 0 radical (unpaired) electrons. The van der Waals surface area contributed by atoms with Crippen molar-refractivity contribution in [3.05, 3.63) is 87.3 Å². The third-order valence-electron chi connectivity index (χ3n) is 5.46. The van der Waals surface area contributed by atoms with Gasteiger partial charge in [-0.3, -0.25) is 14.2 Å². The molecule has 2 heterocycles. The first kappa shape index (κ1) is 21.0. The Labute approximate surface area is 185 Å². The molecule has 0 fully saturated rings. The van der Waals surface area contributed by atoms with Crippen molar-refractivity contribution in [2.24, 2.45) is 5.73 Å². The molecule has 2 aromatic carbocycles. The predicted molar refractivity (Wildman–Crippen MR) is 126 cm³/mol. The summed E-state index contributed by atoms with van der Waals surface area (Å²) < 4.78 is 1.72. The molecular weight excluding hydrogens is 406 g/mol. The third-order valence-corrected chi connectivity index (χ3v) is 6.33. The molecule has 0 bridgehead atoms. The number of rotatable bonds is 8. The van der Waals surface area contributed by atoms with Crippen molar-refractivity contribution in [3.63, 3.8) is 0 Å². The lowest BCUT2D eigenvalue weighted by molar-refractivity contribution is -0.118. The first-order valence-corrected chi connectivity index (χ1v) is 11.4. The highest BCUT2D eigenvalue weighted by molar-refractivity contribution is 7.17. The molecule has 0 aliphatic heterocycles. The number of hydrogen-bond acceptors (Lipinski definition) is 4. The number of benzene rings is 2. The summed E-state index contributed by atoms with van der Waals surface area (Å²) in [5.41, 5.74) is 9.53. The highest BCUT2D eigenvalue weighted by Gasteiger charge is 2.17. The van der Waals surface area contributed by atoms with Crippen LogP contribution in [0.5, 0.6) is 0 Å². The molecule has 31 heavy (non-hydrogen) atoms. The number of primary amides is 1. The average molecular weight is 432 g/mol. The number of nitrogens with zero attached hydrogens (tertiary/aromatic N) is 2. The van der Waals surface area contributed by atoms with Crippen molar-refractivity contribution >= 4 is 27.5 Å². The fraction of sp³-hybridized carbons (Fsp3) is 0.240. The molecule has 0 aliphatic carbocycles. The summed E-state index contributed by atoms with van der Waals surface area (Å²) in [7, 11) is 0. The van der Waals surface area contributed by atoms with Gasteiger partial charge >= 0.3 is 0 Å². The van der Waals surface area contributed by atoms with Gasteiger partial charge in [0.05, 0.1) is 5.39 Å². The number of fused-ring (bicyclic) bond motifs is 1. The second-order valence-corrected chi connectivity index (χ2v) is 8.46. The second-order valence-electron chi connectivity index (χ2n) is 7.60. The van der Waals surface area contributed by atoms with Gasteiger partial charge in [0.15, 0.2) is 0 Å². The molecule has 0 unspecified atom stereocenters. The maximum absolute atomic E-state index is 13.6. The maximum Gasteiger partial charge on any atom is 0.262 e. The van der Waals surface area contributed by atoms with Crippen molar-refractivity contribution in [2.45, 2.75) is 39.2 Å². The molecule has 0 saturated carbocycles. The van der Waals surface area contributed by atoms with E-state index in [4.69, 9.17) is 10.7 Å². The molecule has 0 atom stereocenters. The Morgan fingerprint density at radius 2 is 1.81 bits per heavy atom. The van der Waals surface area contributed by atoms with Gasteiger partial charge in [0.1, 0.15) is 10.7 Å². The van der Waals surface area contributed by atoms with Crippen molar-refractivity contribution in [1.82, 2.24) is 9.55 Å². The van der Waals surface area contributed by atoms with Crippen LogP contribution in [0.4, 0.5) is 0 Å². The van der Waals surface area contributed by atoms with Crippen molar-refractivity contribution < 1.29 is 4.79 Å². The summed E-state index contributed by atoms with van der Waals surface area (Å²) in [6.07, 6.45) is 2.28. The number of aromatic nitrogens is 2. The topological polar surface area (TPSA) is 78.0 Å². The zero-order valence-electron chi connectivity index (χ0n) is 17.5. The van der Waals surface area contributed by atoms with E-state index in [1.807, 2.05) is 35.7 Å². The minimum atomic E-state index is -0.362. The molecule has 5 nitrogen and oxygen atoms in total. The van der Waals surface area contributed by atoms with Gasteiger partial charge in [0.25, 0.3) is 5.56 Å². The lowest BCUT2D eigenvalue weighted by Gasteiger charge is -2.13. The Kier molecular flexibility index (Phi) is 6.28. The molecule has 4 rings (SSSR count). The quantitative estimate of drug-likeness (QED) is 0.445. The highest BCUT2D eigenvalue weighted by Crippen LogP contribution is 2.31. The number of hydrogen-bond donors (Lipinski definition) is 1. The van der Waals surface area contributed by atoms with Crippen LogP contribution in [0.2, 0.25) is 0 Å². The molecule has 2 aromatic heterocycles. The van der Waals surface area contributed by atoms with Crippen LogP contribution >= 0.6 is 11.3 Å². The third kappa shape index (κ3) is 4.59. The van der Waals surface area contributed by atoms with Crippen molar-refractivity contribution in [2.75, 3.05) is 0 Å². The SMILES string of the molecule is CCc1ccc(-c2csc3nc(Cc4ccccc4)n(CCCC(N)=O)c(=O)c23)cc1. The van der Waals surface area contributed by atoms with E-state index in [0.29, 0.717) is 30.6 Å². The van der Waals surface area contributed by atoms with E-state index in [1.165, 1.54) is 16.9 Å². The summed E-state index contributed by atoms with van der Waals surface area (Å²) >= 11 is 1.50. The average Bonchev–Trinajstić information content (AvgIpc) is 3.20. The van der Waals surface area contributed by atoms with Gasteiger partial charge in [-0.2, -0.15) is 0 Å². The molecule has 4 aromatic rings. The minimum Gasteiger partial charge on any atom is -0.370 e. The van der Waals surface area contributed by atoms with Crippen LogP contribution < -0.4 is 11.3 Å². The normalized spacial score (nSPS) is 11.1.